The Bertz CT molecular complexity index is 949. The number of fused-ring (bicyclic) bond motifs is 1. The van der Waals surface area contributed by atoms with Gasteiger partial charge < -0.3 is 10.1 Å². The van der Waals surface area contributed by atoms with Crippen molar-refractivity contribution in [2.75, 3.05) is 11.6 Å². The number of carbonyl (C=O) groups is 2. The molecule has 5 heteroatoms. The van der Waals surface area contributed by atoms with Crippen molar-refractivity contribution in [3.05, 3.63) is 72.3 Å². The number of ether oxygens (including phenoxy) is 1. The SMILES string of the molecule is CSc1ccccc1C(=O)O[C@H](C)C(=O)Nc1cccc2ccccc12. The van der Waals surface area contributed by atoms with Crippen molar-refractivity contribution < 1.29 is 14.3 Å². The molecule has 0 heterocycles. The highest BCUT2D eigenvalue weighted by Crippen LogP contribution is 2.24. The maximum absolute atomic E-state index is 12.5. The third kappa shape index (κ3) is 3.89. The molecule has 0 saturated heterocycles. The number of carbonyl (C=O) groups excluding carboxylic acids is 2. The molecule has 4 nitrogen and oxygen atoms in total. The van der Waals surface area contributed by atoms with Gasteiger partial charge in [0.2, 0.25) is 0 Å². The van der Waals surface area contributed by atoms with Crippen LogP contribution in [-0.4, -0.2) is 24.2 Å². The van der Waals surface area contributed by atoms with Gasteiger partial charge in [-0.15, -0.1) is 11.8 Å². The van der Waals surface area contributed by atoms with Crippen LogP contribution in [0.1, 0.15) is 17.3 Å². The van der Waals surface area contributed by atoms with Crippen LogP contribution in [0.2, 0.25) is 0 Å². The summed E-state index contributed by atoms with van der Waals surface area (Å²) in [6, 6.07) is 20.7. The van der Waals surface area contributed by atoms with Crippen molar-refractivity contribution in [1.29, 1.82) is 0 Å². The smallest absolute Gasteiger partial charge is 0.340 e. The minimum absolute atomic E-state index is 0.365. The molecule has 3 aromatic carbocycles. The maximum Gasteiger partial charge on any atom is 0.340 e. The molecular weight excluding hydrogens is 346 g/mol. The lowest BCUT2D eigenvalue weighted by atomic mass is 10.1. The molecule has 3 rings (SSSR count). The van der Waals surface area contributed by atoms with Crippen LogP contribution in [0.4, 0.5) is 5.69 Å². The van der Waals surface area contributed by atoms with Crippen LogP contribution in [0, 0.1) is 0 Å². The number of thioether (sulfide) groups is 1. The van der Waals surface area contributed by atoms with Crippen molar-refractivity contribution >= 4 is 40.1 Å². The molecule has 0 unspecified atom stereocenters. The second-order valence-electron chi connectivity index (χ2n) is 5.76. The first-order chi connectivity index (χ1) is 12.6. The van der Waals surface area contributed by atoms with Gasteiger partial charge in [-0.3, -0.25) is 4.79 Å². The second-order valence-corrected chi connectivity index (χ2v) is 6.61. The lowest BCUT2D eigenvalue weighted by Gasteiger charge is -2.15. The highest BCUT2D eigenvalue weighted by atomic mass is 32.2. The molecule has 0 saturated carbocycles. The molecule has 0 fully saturated rings. The van der Waals surface area contributed by atoms with Crippen molar-refractivity contribution in [1.82, 2.24) is 0 Å². The van der Waals surface area contributed by atoms with E-state index in [9.17, 15) is 9.59 Å². The zero-order valence-electron chi connectivity index (χ0n) is 14.6. The summed E-state index contributed by atoms with van der Waals surface area (Å²) in [6.45, 7) is 1.57. The third-order valence-electron chi connectivity index (χ3n) is 4.03. The Kier molecular flexibility index (Phi) is 5.58. The van der Waals surface area contributed by atoms with E-state index < -0.39 is 12.1 Å². The summed E-state index contributed by atoms with van der Waals surface area (Å²) in [4.78, 5) is 25.7. The van der Waals surface area contributed by atoms with Crippen LogP contribution >= 0.6 is 11.8 Å². The van der Waals surface area contributed by atoms with E-state index >= 15 is 0 Å². The molecular formula is C21H19NO3S. The zero-order chi connectivity index (χ0) is 18.5. The molecule has 0 radical (unpaired) electrons. The lowest BCUT2D eigenvalue weighted by molar-refractivity contribution is -0.123. The van der Waals surface area contributed by atoms with Gasteiger partial charge in [-0.1, -0.05) is 48.5 Å². The fraction of sp³-hybridized carbons (Fsp3) is 0.143. The van der Waals surface area contributed by atoms with Gasteiger partial charge in [0.25, 0.3) is 5.91 Å². The quantitative estimate of drug-likeness (QED) is 0.524. The van der Waals surface area contributed by atoms with Gasteiger partial charge in [-0.25, -0.2) is 4.79 Å². The lowest BCUT2D eigenvalue weighted by Crippen LogP contribution is -2.30. The number of hydrogen-bond donors (Lipinski definition) is 1. The summed E-state index contributed by atoms with van der Waals surface area (Å²) in [5, 5.41) is 4.82. The predicted molar refractivity (Wildman–Crippen MR) is 106 cm³/mol. The molecule has 0 spiro atoms. The Morgan fingerprint density at radius 3 is 2.46 bits per heavy atom. The number of esters is 1. The number of rotatable bonds is 5. The fourth-order valence-corrected chi connectivity index (χ4v) is 3.25. The molecule has 132 valence electrons. The molecule has 0 bridgehead atoms. The highest BCUT2D eigenvalue weighted by molar-refractivity contribution is 7.98. The van der Waals surface area contributed by atoms with E-state index in [0.717, 1.165) is 15.7 Å². The number of anilines is 1. The van der Waals surface area contributed by atoms with Crippen molar-refractivity contribution in [3.63, 3.8) is 0 Å². The van der Waals surface area contributed by atoms with E-state index in [1.807, 2.05) is 60.9 Å². The maximum atomic E-state index is 12.5. The van der Waals surface area contributed by atoms with Crippen LogP contribution in [-0.2, 0) is 9.53 Å². The van der Waals surface area contributed by atoms with Crippen molar-refractivity contribution in [3.8, 4) is 0 Å². The molecule has 0 aliphatic carbocycles. The number of amides is 1. The van der Waals surface area contributed by atoms with E-state index in [1.165, 1.54) is 11.8 Å². The second kappa shape index (κ2) is 8.06. The Hall–Kier alpha value is -2.79. The fourth-order valence-electron chi connectivity index (χ4n) is 2.66. The predicted octanol–water partition coefficient (Wildman–Crippen LogP) is 4.75. The minimum atomic E-state index is -0.906. The molecule has 0 aliphatic heterocycles. The summed E-state index contributed by atoms with van der Waals surface area (Å²) < 4.78 is 5.36. The summed E-state index contributed by atoms with van der Waals surface area (Å²) in [6.07, 6.45) is 0.986. The molecule has 1 amide bonds. The molecule has 0 aliphatic rings. The zero-order valence-corrected chi connectivity index (χ0v) is 15.4. The molecule has 26 heavy (non-hydrogen) atoms. The van der Waals surface area contributed by atoms with Gasteiger partial charge >= 0.3 is 5.97 Å². The Labute approximate surface area is 156 Å². The third-order valence-corrected chi connectivity index (χ3v) is 4.82. The van der Waals surface area contributed by atoms with E-state index in [0.29, 0.717) is 11.3 Å². The summed E-state index contributed by atoms with van der Waals surface area (Å²) in [5.41, 5.74) is 1.16. The number of hydrogen-bond acceptors (Lipinski definition) is 4. The topological polar surface area (TPSA) is 55.4 Å². The normalized spacial score (nSPS) is 11.8. The first-order valence-electron chi connectivity index (χ1n) is 8.23. The largest absolute Gasteiger partial charge is 0.449 e. The first-order valence-corrected chi connectivity index (χ1v) is 9.45. The van der Waals surface area contributed by atoms with Crippen molar-refractivity contribution in [2.24, 2.45) is 0 Å². The Morgan fingerprint density at radius 2 is 1.65 bits per heavy atom. The number of benzene rings is 3. The van der Waals surface area contributed by atoms with Crippen LogP contribution in [0.3, 0.4) is 0 Å². The Morgan fingerprint density at radius 1 is 0.962 bits per heavy atom. The van der Waals surface area contributed by atoms with Gasteiger partial charge in [0.05, 0.1) is 5.56 Å². The first kappa shape index (κ1) is 18.0. The molecule has 3 aromatic rings. The van der Waals surface area contributed by atoms with E-state index in [2.05, 4.69) is 5.32 Å². The Balaban J connectivity index is 1.72. The summed E-state index contributed by atoms with van der Waals surface area (Å²) >= 11 is 1.46. The summed E-state index contributed by atoms with van der Waals surface area (Å²) in [5.74, 6) is -0.869. The molecule has 1 atom stereocenters. The molecule has 1 N–H and O–H groups in total. The van der Waals surface area contributed by atoms with Gasteiger partial charge in [0.15, 0.2) is 6.10 Å². The monoisotopic (exact) mass is 365 g/mol. The average molecular weight is 365 g/mol. The highest BCUT2D eigenvalue weighted by Gasteiger charge is 2.21. The average Bonchev–Trinajstić information content (AvgIpc) is 2.68. The van der Waals surface area contributed by atoms with Gasteiger partial charge in [-0.2, -0.15) is 0 Å². The van der Waals surface area contributed by atoms with Crippen LogP contribution < -0.4 is 5.32 Å². The minimum Gasteiger partial charge on any atom is -0.449 e. The van der Waals surface area contributed by atoms with Gasteiger partial charge in [0.1, 0.15) is 0 Å². The van der Waals surface area contributed by atoms with Crippen molar-refractivity contribution in [2.45, 2.75) is 17.9 Å². The van der Waals surface area contributed by atoms with E-state index in [1.54, 1.807) is 19.1 Å². The standard InChI is InChI=1S/C21H19NO3S/c1-14(25-21(24)17-11-5-6-13-19(17)26-2)20(23)22-18-12-7-9-15-8-3-4-10-16(15)18/h3-14H,1-2H3,(H,22,23)/t14-/m1/s1. The van der Waals surface area contributed by atoms with Gasteiger partial charge in [0, 0.05) is 16.0 Å². The van der Waals surface area contributed by atoms with E-state index in [4.69, 9.17) is 4.74 Å². The van der Waals surface area contributed by atoms with E-state index in [-0.39, 0.29) is 5.91 Å². The van der Waals surface area contributed by atoms with Gasteiger partial charge in [-0.05, 0) is 36.8 Å². The van der Waals surface area contributed by atoms with Crippen LogP contribution in [0.15, 0.2) is 71.6 Å². The van der Waals surface area contributed by atoms with Crippen LogP contribution in [0.25, 0.3) is 10.8 Å². The molecule has 0 aromatic heterocycles. The number of nitrogens with one attached hydrogen (secondary N) is 1. The van der Waals surface area contributed by atoms with Crippen LogP contribution in [0.5, 0.6) is 0 Å². The summed E-state index contributed by atoms with van der Waals surface area (Å²) in [7, 11) is 0.